The molecule has 0 amide bonds. The van der Waals surface area contributed by atoms with Crippen LogP contribution in [0, 0.1) is 11.3 Å². The largest absolute Gasteiger partial charge is 0.345 e. The summed E-state index contributed by atoms with van der Waals surface area (Å²) in [5.74, 6) is 0. The fourth-order valence-corrected chi connectivity index (χ4v) is 3.62. The van der Waals surface area contributed by atoms with Gasteiger partial charge in [-0.25, -0.2) is 4.98 Å². The Balaban J connectivity index is 2.15. The van der Waals surface area contributed by atoms with Crippen LogP contribution in [-0.2, 0) is 0 Å². The number of nitrogens with two attached hydrogens (primary N) is 1. The highest BCUT2D eigenvalue weighted by atomic mass is 35.5. The molecule has 0 saturated heterocycles. The Labute approximate surface area is 116 Å². The summed E-state index contributed by atoms with van der Waals surface area (Å²) >= 11 is 7.32. The quantitative estimate of drug-likeness (QED) is 0.927. The van der Waals surface area contributed by atoms with Crippen LogP contribution in [0.4, 0.5) is 5.13 Å². The van der Waals surface area contributed by atoms with Crippen LogP contribution in [0.5, 0.6) is 0 Å². The van der Waals surface area contributed by atoms with Crippen molar-refractivity contribution in [3.05, 3.63) is 10.0 Å². The Bertz CT molecular complexity index is 445. The van der Waals surface area contributed by atoms with E-state index in [9.17, 15) is 0 Å². The highest BCUT2D eigenvalue weighted by Crippen LogP contribution is 2.33. The molecule has 0 bridgehead atoms. The number of halogens is 1. The van der Waals surface area contributed by atoms with E-state index in [0.29, 0.717) is 22.1 Å². The van der Waals surface area contributed by atoms with E-state index in [1.165, 1.54) is 11.3 Å². The first-order chi connectivity index (χ1) is 8.65. The first kappa shape index (κ1) is 13.6. The summed E-state index contributed by atoms with van der Waals surface area (Å²) in [6, 6.07) is 2.90. The van der Waals surface area contributed by atoms with Gasteiger partial charge in [0.1, 0.15) is 10.9 Å². The first-order valence-corrected chi connectivity index (χ1v) is 7.43. The highest BCUT2D eigenvalue weighted by Gasteiger charge is 2.26. The Kier molecular flexibility index (Phi) is 4.44. The molecule has 1 aliphatic carbocycles. The number of hydrogen-bond acceptors (Lipinski definition) is 5. The Morgan fingerprint density at radius 2 is 2.17 bits per heavy atom. The SMILES string of the molecule is CCN(c1nc(Cl)c(C#N)s1)C1CCC(N)CC1. The molecule has 0 aliphatic heterocycles. The lowest BCUT2D eigenvalue weighted by molar-refractivity contribution is 0.378. The minimum absolute atomic E-state index is 0.323. The maximum absolute atomic E-state index is 8.93. The van der Waals surface area contributed by atoms with Crippen molar-refractivity contribution in [2.24, 2.45) is 5.73 Å². The molecule has 1 heterocycles. The van der Waals surface area contributed by atoms with Gasteiger partial charge in [-0.2, -0.15) is 5.26 Å². The lowest BCUT2D eigenvalue weighted by atomic mass is 9.91. The Morgan fingerprint density at radius 3 is 2.67 bits per heavy atom. The monoisotopic (exact) mass is 284 g/mol. The van der Waals surface area contributed by atoms with E-state index in [-0.39, 0.29) is 0 Å². The smallest absolute Gasteiger partial charge is 0.188 e. The minimum atomic E-state index is 0.323. The fraction of sp³-hybridized carbons (Fsp3) is 0.667. The average Bonchev–Trinajstić information content (AvgIpc) is 2.74. The molecule has 0 atom stereocenters. The highest BCUT2D eigenvalue weighted by molar-refractivity contribution is 7.16. The van der Waals surface area contributed by atoms with E-state index in [0.717, 1.165) is 37.4 Å². The maximum Gasteiger partial charge on any atom is 0.188 e. The predicted octanol–water partition coefficient (Wildman–Crippen LogP) is 2.76. The van der Waals surface area contributed by atoms with E-state index < -0.39 is 0 Å². The van der Waals surface area contributed by atoms with Crippen LogP contribution in [0.3, 0.4) is 0 Å². The van der Waals surface area contributed by atoms with Crippen molar-refractivity contribution >= 4 is 28.1 Å². The van der Waals surface area contributed by atoms with Gasteiger partial charge < -0.3 is 10.6 Å². The zero-order chi connectivity index (χ0) is 13.1. The number of anilines is 1. The lowest BCUT2D eigenvalue weighted by Crippen LogP contribution is -2.40. The molecular weight excluding hydrogens is 268 g/mol. The topological polar surface area (TPSA) is 65.9 Å². The van der Waals surface area contributed by atoms with Crippen molar-refractivity contribution in [3.8, 4) is 6.07 Å². The van der Waals surface area contributed by atoms with Crippen LogP contribution in [0.1, 0.15) is 37.5 Å². The summed E-state index contributed by atoms with van der Waals surface area (Å²) in [5, 5.41) is 10.1. The van der Waals surface area contributed by atoms with Crippen molar-refractivity contribution in [1.82, 2.24) is 4.98 Å². The third-order valence-electron chi connectivity index (χ3n) is 3.44. The van der Waals surface area contributed by atoms with Gasteiger partial charge >= 0.3 is 0 Å². The summed E-state index contributed by atoms with van der Waals surface area (Å²) in [5.41, 5.74) is 5.93. The molecule has 18 heavy (non-hydrogen) atoms. The van der Waals surface area contributed by atoms with Crippen molar-refractivity contribution in [3.63, 3.8) is 0 Å². The van der Waals surface area contributed by atoms with Gasteiger partial charge in [0.2, 0.25) is 0 Å². The summed E-state index contributed by atoms with van der Waals surface area (Å²) in [4.78, 5) is 7.05. The second-order valence-electron chi connectivity index (χ2n) is 4.58. The van der Waals surface area contributed by atoms with Crippen LogP contribution in [-0.4, -0.2) is 23.6 Å². The molecule has 98 valence electrons. The van der Waals surface area contributed by atoms with Gasteiger partial charge in [0.25, 0.3) is 0 Å². The number of aromatic nitrogens is 1. The molecule has 2 N–H and O–H groups in total. The number of nitrogens with zero attached hydrogens (tertiary/aromatic N) is 3. The lowest BCUT2D eigenvalue weighted by Gasteiger charge is -2.35. The van der Waals surface area contributed by atoms with E-state index in [2.05, 4.69) is 22.9 Å². The predicted molar refractivity (Wildman–Crippen MR) is 75.1 cm³/mol. The van der Waals surface area contributed by atoms with Crippen LogP contribution in [0.25, 0.3) is 0 Å². The van der Waals surface area contributed by atoms with Gasteiger partial charge in [-0.3, -0.25) is 0 Å². The fourth-order valence-electron chi connectivity index (χ4n) is 2.45. The zero-order valence-corrected chi connectivity index (χ0v) is 12.0. The van der Waals surface area contributed by atoms with E-state index >= 15 is 0 Å². The van der Waals surface area contributed by atoms with Crippen LogP contribution >= 0.6 is 22.9 Å². The number of thiazole rings is 1. The Hall–Kier alpha value is -0.830. The third-order valence-corrected chi connectivity index (χ3v) is 4.83. The molecular formula is C12H17ClN4S. The Morgan fingerprint density at radius 1 is 1.50 bits per heavy atom. The normalized spacial score (nSPS) is 23.7. The standard InChI is InChI=1S/C12H17ClN4S/c1-2-17(9-5-3-8(15)4-6-9)12-16-11(13)10(7-14)18-12/h8-9H,2-6,15H2,1H3. The number of rotatable bonds is 3. The maximum atomic E-state index is 8.93. The molecule has 1 aromatic heterocycles. The summed E-state index contributed by atoms with van der Waals surface area (Å²) in [6.07, 6.45) is 4.30. The van der Waals surface area contributed by atoms with Crippen LogP contribution in [0.15, 0.2) is 0 Å². The van der Waals surface area contributed by atoms with Crippen LogP contribution in [0.2, 0.25) is 5.15 Å². The van der Waals surface area contributed by atoms with Gasteiger partial charge in [-0.05, 0) is 32.6 Å². The molecule has 0 spiro atoms. The van der Waals surface area contributed by atoms with E-state index in [1.54, 1.807) is 0 Å². The summed E-state index contributed by atoms with van der Waals surface area (Å²) in [6.45, 7) is 2.99. The number of hydrogen-bond donors (Lipinski definition) is 1. The van der Waals surface area contributed by atoms with Crippen molar-refractivity contribution < 1.29 is 0 Å². The van der Waals surface area contributed by atoms with Gasteiger partial charge in [0.05, 0.1) is 0 Å². The second-order valence-corrected chi connectivity index (χ2v) is 5.92. The van der Waals surface area contributed by atoms with Crippen molar-refractivity contribution in [2.45, 2.75) is 44.7 Å². The van der Waals surface area contributed by atoms with Gasteiger partial charge in [-0.15, -0.1) is 0 Å². The zero-order valence-electron chi connectivity index (χ0n) is 10.4. The first-order valence-electron chi connectivity index (χ1n) is 6.24. The van der Waals surface area contributed by atoms with Crippen molar-refractivity contribution in [2.75, 3.05) is 11.4 Å². The molecule has 1 aromatic rings. The molecule has 4 nitrogen and oxygen atoms in total. The minimum Gasteiger partial charge on any atom is -0.345 e. The molecule has 0 radical (unpaired) electrons. The molecule has 1 aliphatic rings. The molecule has 0 unspecified atom stereocenters. The average molecular weight is 285 g/mol. The van der Waals surface area contributed by atoms with E-state index in [1.807, 2.05) is 0 Å². The van der Waals surface area contributed by atoms with Gasteiger partial charge in [-0.1, -0.05) is 22.9 Å². The second kappa shape index (κ2) is 5.87. The summed E-state index contributed by atoms with van der Waals surface area (Å²) < 4.78 is 0. The molecule has 6 heteroatoms. The van der Waals surface area contributed by atoms with Gasteiger partial charge in [0, 0.05) is 18.6 Å². The van der Waals surface area contributed by atoms with Crippen molar-refractivity contribution in [1.29, 1.82) is 5.26 Å². The van der Waals surface area contributed by atoms with Crippen LogP contribution < -0.4 is 10.6 Å². The van der Waals surface area contributed by atoms with E-state index in [4.69, 9.17) is 22.6 Å². The third kappa shape index (κ3) is 2.77. The summed E-state index contributed by atoms with van der Waals surface area (Å²) in [7, 11) is 0. The van der Waals surface area contributed by atoms with Gasteiger partial charge in [0.15, 0.2) is 10.3 Å². The molecule has 2 rings (SSSR count). The molecule has 1 saturated carbocycles. The molecule has 1 fully saturated rings. The molecule has 0 aromatic carbocycles. The number of nitriles is 1.